The predicted octanol–water partition coefficient (Wildman–Crippen LogP) is 5.89. The number of aromatic nitrogens is 1. The van der Waals surface area contributed by atoms with Crippen molar-refractivity contribution in [1.29, 1.82) is 0 Å². The molecular weight excluding hydrogens is 502 g/mol. The fraction of sp³-hybridized carbons (Fsp3) is 0.103. The van der Waals surface area contributed by atoms with Crippen LogP contribution in [0.4, 0.5) is 10.8 Å². The second kappa shape index (κ2) is 9.46. The molecule has 6 rings (SSSR count). The molecule has 0 unspecified atom stereocenters. The summed E-state index contributed by atoms with van der Waals surface area (Å²) in [6.07, 6.45) is 0.683. The van der Waals surface area contributed by atoms with Gasteiger partial charge in [-0.05, 0) is 60.0 Å². The quantitative estimate of drug-likeness (QED) is 0.277. The molecule has 0 aliphatic carbocycles. The van der Waals surface area contributed by atoms with Gasteiger partial charge in [-0.15, -0.1) is 0 Å². The Morgan fingerprint density at radius 2 is 1.57 bits per heavy atom. The van der Waals surface area contributed by atoms with E-state index in [0.717, 1.165) is 21.3 Å². The summed E-state index contributed by atoms with van der Waals surface area (Å²) in [6.45, 7) is 0.759. The minimum Gasteiger partial charge on any atom is -0.279 e. The number of carbonyl (C=O) groups is 1. The lowest BCUT2D eigenvalue weighted by Gasteiger charge is -2.21. The summed E-state index contributed by atoms with van der Waals surface area (Å²) in [7, 11) is -3.73. The van der Waals surface area contributed by atoms with E-state index >= 15 is 0 Å². The van der Waals surface area contributed by atoms with Crippen LogP contribution in [0.15, 0.2) is 108 Å². The zero-order chi connectivity index (χ0) is 25.4. The van der Waals surface area contributed by atoms with E-state index in [1.807, 2.05) is 78.9 Å². The van der Waals surface area contributed by atoms with Gasteiger partial charge in [0.15, 0.2) is 5.13 Å². The Kier molecular flexibility index (Phi) is 5.98. The number of rotatable bonds is 6. The van der Waals surface area contributed by atoms with E-state index < -0.39 is 10.0 Å². The van der Waals surface area contributed by atoms with Crippen molar-refractivity contribution in [3.8, 4) is 0 Å². The van der Waals surface area contributed by atoms with Gasteiger partial charge in [0.1, 0.15) is 0 Å². The van der Waals surface area contributed by atoms with Crippen LogP contribution in [-0.4, -0.2) is 25.9 Å². The Morgan fingerprint density at radius 3 is 2.35 bits per heavy atom. The molecule has 5 aromatic rings. The molecule has 0 spiro atoms. The molecule has 0 saturated heterocycles. The summed E-state index contributed by atoms with van der Waals surface area (Å²) >= 11 is 1.46. The summed E-state index contributed by atoms with van der Waals surface area (Å²) < 4.78 is 29.2. The second-order valence-electron chi connectivity index (χ2n) is 8.82. The second-order valence-corrected chi connectivity index (χ2v) is 11.7. The SMILES string of the molecule is O=C(c1ccc(S(=O)(=O)N2CCc3ccccc32)cc1)N(Cc1ccccc1)c1nc2ccccc2s1. The fourth-order valence-corrected chi connectivity index (χ4v) is 7.04. The predicted molar refractivity (Wildman–Crippen MR) is 148 cm³/mol. The minimum atomic E-state index is -3.73. The van der Waals surface area contributed by atoms with Gasteiger partial charge in [0.05, 0.1) is 27.3 Å². The van der Waals surface area contributed by atoms with Gasteiger partial charge >= 0.3 is 0 Å². The molecule has 0 atom stereocenters. The normalized spacial score (nSPS) is 13.0. The Labute approximate surface area is 219 Å². The first kappa shape index (κ1) is 23.4. The molecule has 0 saturated carbocycles. The average Bonchev–Trinajstić information content (AvgIpc) is 3.57. The van der Waals surface area contributed by atoms with Crippen molar-refractivity contribution < 1.29 is 13.2 Å². The van der Waals surface area contributed by atoms with Crippen molar-refractivity contribution in [2.45, 2.75) is 17.9 Å². The first-order chi connectivity index (χ1) is 18.0. The number of hydrogen-bond donors (Lipinski definition) is 0. The average molecular weight is 526 g/mol. The molecule has 2 heterocycles. The molecule has 0 fully saturated rings. The number of anilines is 2. The van der Waals surface area contributed by atoms with Crippen LogP contribution in [0.25, 0.3) is 10.2 Å². The van der Waals surface area contributed by atoms with Crippen LogP contribution in [0.2, 0.25) is 0 Å². The van der Waals surface area contributed by atoms with Gasteiger partial charge in [0, 0.05) is 12.1 Å². The third kappa shape index (κ3) is 4.39. The van der Waals surface area contributed by atoms with Crippen LogP contribution in [0.3, 0.4) is 0 Å². The van der Waals surface area contributed by atoms with E-state index in [0.29, 0.717) is 35.9 Å². The van der Waals surface area contributed by atoms with Gasteiger partial charge < -0.3 is 0 Å². The number of sulfonamides is 1. The first-order valence-corrected chi connectivity index (χ1v) is 14.2. The third-order valence-electron chi connectivity index (χ3n) is 6.48. The molecule has 1 aliphatic rings. The number of thiazole rings is 1. The van der Waals surface area contributed by atoms with E-state index in [-0.39, 0.29) is 10.8 Å². The Bertz CT molecular complexity index is 1660. The highest BCUT2D eigenvalue weighted by Crippen LogP contribution is 2.34. The maximum Gasteiger partial charge on any atom is 0.264 e. The number of benzene rings is 4. The molecule has 0 bridgehead atoms. The maximum atomic E-state index is 13.7. The van der Waals surface area contributed by atoms with Crippen molar-refractivity contribution in [3.05, 3.63) is 120 Å². The third-order valence-corrected chi connectivity index (χ3v) is 9.36. The smallest absolute Gasteiger partial charge is 0.264 e. The molecular formula is C29H23N3O3S2. The summed E-state index contributed by atoms with van der Waals surface area (Å²) in [6, 6.07) is 31.3. The van der Waals surface area contributed by atoms with E-state index in [1.165, 1.54) is 27.8 Å². The molecule has 1 aliphatic heterocycles. The van der Waals surface area contributed by atoms with Crippen LogP contribution in [0, 0.1) is 0 Å². The molecule has 8 heteroatoms. The topological polar surface area (TPSA) is 70.6 Å². The van der Waals surface area contributed by atoms with Crippen molar-refractivity contribution in [3.63, 3.8) is 0 Å². The largest absolute Gasteiger partial charge is 0.279 e. The number of amides is 1. The molecule has 1 amide bonds. The summed E-state index contributed by atoms with van der Waals surface area (Å²) in [5.41, 5.74) is 3.94. The van der Waals surface area contributed by atoms with Crippen LogP contribution in [0.5, 0.6) is 0 Å². The van der Waals surface area contributed by atoms with Gasteiger partial charge in [-0.2, -0.15) is 0 Å². The highest BCUT2D eigenvalue weighted by Gasteiger charge is 2.31. The summed E-state index contributed by atoms with van der Waals surface area (Å²) in [4.78, 5) is 20.3. The van der Waals surface area contributed by atoms with Gasteiger partial charge in [-0.3, -0.25) is 14.0 Å². The highest BCUT2D eigenvalue weighted by molar-refractivity contribution is 7.92. The van der Waals surface area contributed by atoms with E-state index in [9.17, 15) is 13.2 Å². The number of carbonyl (C=O) groups excluding carboxylic acids is 1. The molecule has 1 aromatic heterocycles. The molecule has 4 aromatic carbocycles. The van der Waals surface area contributed by atoms with Crippen LogP contribution in [0.1, 0.15) is 21.5 Å². The van der Waals surface area contributed by atoms with E-state index in [2.05, 4.69) is 0 Å². The number of nitrogens with zero attached hydrogens (tertiary/aromatic N) is 3. The van der Waals surface area contributed by atoms with E-state index in [1.54, 1.807) is 17.0 Å². The van der Waals surface area contributed by atoms with Crippen molar-refractivity contribution in [2.24, 2.45) is 0 Å². The Morgan fingerprint density at radius 1 is 0.865 bits per heavy atom. The molecule has 184 valence electrons. The van der Waals surface area contributed by atoms with Crippen molar-refractivity contribution >= 4 is 48.3 Å². The minimum absolute atomic E-state index is 0.162. The lowest BCUT2D eigenvalue weighted by Crippen LogP contribution is -2.31. The summed E-state index contributed by atoms with van der Waals surface area (Å²) in [5.74, 6) is -0.238. The van der Waals surface area contributed by atoms with Gasteiger partial charge in [0.2, 0.25) is 0 Å². The van der Waals surface area contributed by atoms with Crippen molar-refractivity contribution in [2.75, 3.05) is 15.7 Å². The standard InChI is InChI=1S/C29H23N3O3S2/c33-28(31(20-21-8-2-1-3-9-21)29-30-25-11-5-7-13-27(25)36-29)23-14-16-24(17-15-23)37(34,35)32-19-18-22-10-4-6-12-26(22)32/h1-17H,18-20H2. The van der Waals surface area contributed by atoms with Crippen LogP contribution < -0.4 is 9.21 Å². The van der Waals surface area contributed by atoms with Crippen molar-refractivity contribution in [1.82, 2.24) is 4.98 Å². The number of fused-ring (bicyclic) bond motifs is 2. The Hall–Kier alpha value is -4.01. The van der Waals surface area contributed by atoms with Crippen LogP contribution >= 0.6 is 11.3 Å². The van der Waals surface area contributed by atoms with E-state index in [4.69, 9.17) is 4.98 Å². The molecule has 0 N–H and O–H groups in total. The monoisotopic (exact) mass is 525 g/mol. The molecule has 0 radical (unpaired) electrons. The van der Waals surface area contributed by atoms with Gasteiger partial charge in [-0.1, -0.05) is 72.0 Å². The van der Waals surface area contributed by atoms with Gasteiger partial charge in [0.25, 0.3) is 15.9 Å². The number of para-hydroxylation sites is 2. The highest BCUT2D eigenvalue weighted by atomic mass is 32.2. The summed E-state index contributed by atoms with van der Waals surface area (Å²) in [5, 5.41) is 0.598. The zero-order valence-electron chi connectivity index (χ0n) is 19.8. The zero-order valence-corrected chi connectivity index (χ0v) is 21.5. The maximum absolute atomic E-state index is 13.7. The Balaban J connectivity index is 1.32. The number of hydrogen-bond acceptors (Lipinski definition) is 5. The molecule has 37 heavy (non-hydrogen) atoms. The van der Waals surface area contributed by atoms with Gasteiger partial charge in [-0.25, -0.2) is 13.4 Å². The van der Waals surface area contributed by atoms with Crippen LogP contribution in [-0.2, 0) is 23.0 Å². The first-order valence-electron chi connectivity index (χ1n) is 11.9. The lowest BCUT2D eigenvalue weighted by molar-refractivity contribution is 0.0985. The lowest BCUT2D eigenvalue weighted by atomic mass is 10.1. The fourth-order valence-electron chi connectivity index (χ4n) is 4.58. The molecule has 6 nitrogen and oxygen atoms in total.